The lowest BCUT2D eigenvalue weighted by Crippen LogP contribution is -2.54. The lowest BCUT2D eigenvalue weighted by Gasteiger charge is -2.53. The average molecular weight is 234 g/mol. The first-order valence-corrected chi connectivity index (χ1v) is 6.38. The summed E-state index contributed by atoms with van der Waals surface area (Å²) >= 11 is 0. The van der Waals surface area contributed by atoms with Crippen LogP contribution in [-0.4, -0.2) is 16.5 Å². The second kappa shape index (κ2) is 3.81. The zero-order valence-electron chi connectivity index (χ0n) is 11.0. The summed E-state index contributed by atoms with van der Waals surface area (Å²) in [5, 5.41) is 11.0. The van der Waals surface area contributed by atoms with Gasteiger partial charge >= 0.3 is 0 Å². The van der Waals surface area contributed by atoms with Crippen molar-refractivity contribution >= 4 is 5.78 Å². The Balaban J connectivity index is 2.40. The van der Waals surface area contributed by atoms with E-state index in [1.807, 2.05) is 13.8 Å². The molecule has 0 aliphatic heterocycles. The average Bonchev–Trinajstić information content (AvgIpc) is 2.20. The summed E-state index contributed by atoms with van der Waals surface area (Å²) in [5.41, 5.74) is 0.879. The molecule has 0 amide bonds. The van der Waals surface area contributed by atoms with Crippen molar-refractivity contribution in [3.05, 3.63) is 23.8 Å². The molecule has 2 heteroatoms. The van der Waals surface area contributed by atoms with Gasteiger partial charge in [0.15, 0.2) is 5.78 Å². The van der Waals surface area contributed by atoms with Gasteiger partial charge in [-0.15, -0.1) is 0 Å². The highest BCUT2D eigenvalue weighted by atomic mass is 16.3. The highest BCUT2D eigenvalue weighted by Gasteiger charge is 2.54. The van der Waals surface area contributed by atoms with Crippen LogP contribution in [0.5, 0.6) is 0 Å². The molecule has 94 valence electrons. The SMILES string of the molecule is C=C(C)[C@@H]1CC[C@]2(C)CC(=O)C=C(C)[C@@]2(O)C1. The number of fused-ring (bicyclic) bond motifs is 1. The summed E-state index contributed by atoms with van der Waals surface area (Å²) in [6.07, 6.45) is 4.76. The molecule has 3 atom stereocenters. The summed E-state index contributed by atoms with van der Waals surface area (Å²) in [5.74, 6) is 0.535. The molecule has 1 saturated carbocycles. The highest BCUT2D eigenvalue weighted by molar-refractivity contribution is 5.92. The molecule has 0 bridgehead atoms. The van der Waals surface area contributed by atoms with E-state index < -0.39 is 5.60 Å². The molecule has 0 aromatic carbocycles. The third-order valence-corrected chi connectivity index (χ3v) is 4.88. The molecule has 0 heterocycles. The Hall–Kier alpha value is -0.890. The van der Waals surface area contributed by atoms with Gasteiger partial charge < -0.3 is 5.11 Å². The Kier molecular flexibility index (Phi) is 2.81. The van der Waals surface area contributed by atoms with Gasteiger partial charge in [-0.25, -0.2) is 0 Å². The van der Waals surface area contributed by atoms with Crippen LogP contribution < -0.4 is 0 Å². The largest absolute Gasteiger partial charge is 0.385 e. The van der Waals surface area contributed by atoms with Crippen molar-refractivity contribution in [2.24, 2.45) is 11.3 Å². The van der Waals surface area contributed by atoms with Crippen molar-refractivity contribution in [1.29, 1.82) is 0 Å². The summed E-state index contributed by atoms with van der Waals surface area (Å²) < 4.78 is 0. The van der Waals surface area contributed by atoms with Gasteiger partial charge in [0.25, 0.3) is 0 Å². The fourth-order valence-corrected chi connectivity index (χ4v) is 3.49. The number of carbonyl (C=O) groups is 1. The molecule has 0 aromatic rings. The lowest BCUT2D eigenvalue weighted by molar-refractivity contribution is -0.133. The van der Waals surface area contributed by atoms with Gasteiger partial charge in [-0.3, -0.25) is 4.79 Å². The standard InChI is InChI=1S/C15H22O2/c1-10(2)12-5-6-14(4)9-13(16)7-11(3)15(14,17)8-12/h7,12,17H,1,5-6,8-9H2,2-4H3/t12-,14-,15+/m1/s1. The van der Waals surface area contributed by atoms with Crippen molar-refractivity contribution in [3.8, 4) is 0 Å². The Labute approximate surface area is 103 Å². The minimum atomic E-state index is -0.817. The summed E-state index contributed by atoms with van der Waals surface area (Å²) in [7, 11) is 0. The molecule has 2 aliphatic rings. The number of allylic oxidation sites excluding steroid dienone is 2. The molecule has 0 aromatic heterocycles. The monoisotopic (exact) mass is 234 g/mol. The maximum atomic E-state index is 11.7. The molecular weight excluding hydrogens is 212 g/mol. The van der Waals surface area contributed by atoms with E-state index in [1.54, 1.807) is 6.08 Å². The molecule has 0 spiro atoms. The van der Waals surface area contributed by atoms with Crippen molar-refractivity contribution < 1.29 is 9.90 Å². The van der Waals surface area contributed by atoms with Gasteiger partial charge in [-0.2, -0.15) is 0 Å². The molecule has 2 rings (SSSR count). The van der Waals surface area contributed by atoms with Crippen LogP contribution in [0.3, 0.4) is 0 Å². The van der Waals surface area contributed by atoms with Gasteiger partial charge in [0.2, 0.25) is 0 Å². The fraction of sp³-hybridized carbons (Fsp3) is 0.667. The predicted molar refractivity (Wildman–Crippen MR) is 68.6 cm³/mol. The summed E-state index contributed by atoms with van der Waals surface area (Å²) in [6.45, 7) is 9.98. The smallest absolute Gasteiger partial charge is 0.156 e. The predicted octanol–water partition coefficient (Wildman–Crippen LogP) is 3.02. The maximum Gasteiger partial charge on any atom is 0.156 e. The first kappa shape index (κ1) is 12.6. The Bertz CT molecular complexity index is 407. The van der Waals surface area contributed by atoms with E-state index in [1.165, 1.54) is 0 Å². The minimum absolute atomic E-state index is 0.156. The van der Waals surface area contributed by atoms with Crippen LogP contribution in [0.15, 0.2) is 23.8 Å². The number of carbonyl (C=O) groups excluding carboxylic acids is 1. The van der Waals surface area contributed by atoms with Crippen LogP contribution in [0, 0.1) is 11.3 Å². The highest BCUT2D eigenvalue weighted by Crippen LogP contribution is 2.54. The number of rotatable bonds is 1. The second-order valence-corrected chi connectivity index (χ2v) is 6.18. The van der Waals surface area contributed by atoms with Gasteiger partial charge in [-0.05, 0) is 50.7 Å². The van der Waals surface area contributed by atoms with Gasteiger partial charge in [0, 0.05) is 11.8 Å². The van der Waals surface area contributed by atoms with Crippen LogP contribution in [0.2, 0.25) is 0 Å². The van der Waals surface area contributed by atoms with E-state index in [2.05, 4.69) is 13.5 Å². The molecule has 2 aliphatic carbocycles. The number of hydrogen-bond donors (Lipinski definition) is 1. The summed E-state index contributed by atoms with van der Waals surface area (Å²) in [4.78, 5) is 11.7. The molecule has 2 nitrogen and oxygen atoms in total. The molecule has 0 radical (unpaired) electrons. The third kappa shape index (κ3) is 1.79. The fourth-order valence-electron chi connectivity index (χ4n) is 3.49. The van der Waals surface area contributed by atoms with Crippen LogP contribution in [0.4, 0.5) is 0 Å². The van der Waals surface area contributed by atoms with Crippen LogP contribution in [0.25, 0.3) is 0 Å². The molecular formula is C15H22O2. The first-order chi connectivity index (χ1) is 7.78. The van der Waals surface area contributed by atoms with E-state index in [0.717, 1.165) is 24.0 Å². The lowest BCUT2D eigenvalue weighted by atomic mass is 9.54. The van der Waals surface area contributed by atoms with Crippen LogP contribution >= 0.6 is 0 Å². The van der Waals surface area contributed by atoms with E-state index >= 15 is 0 Å². The van der Waals surface area contributed by atoms with Crippen LogP contribution in [-0.2, 0) is 4.79 Å². The van der Waals surface area contributed by atoms with E-state index in [-0.39, 0.29) is 11.2 Å². The van der Waals surface area contributed by atoms with Crippen molar-refractivity contribution in [2.75, 3.05) is 0 Å². The molecule has 0 saturated heterocycles. The number of hydrogen-bond acceptors (Lipinski definition) is 2. The van der Waals surface area contributed by atoms with Gasteiger partial charge in [0.1, 0.15) is 0 Å². The zero-order chi connectivity index (χ0) is 12.8. The van der Waals surface area contributed by atoms with E-state index in [9.17, 15) is 9.90 Å². The van der Waals surface area contributed by atoms with Crippen molar-refractivity contribution in [1.82, 2.24) is 0 Å². The van der Waals surface area contributed by atoms with Gasteiger partial charge in [-0.1, -0.05) is 19.1 Å². The van der Waals surface area contributed by atoms with Crippen molar-refractivity contribution in [3.63, 3.8) is 0 Å². The summed E-state index contributed by atoms with van der Waals surface area (Å²) in [6, 6.07) is 0. The number of aliphatic hydroxyl groups is 1. The van der Waals surface area contributed by atoms with Gasteiger partial charge in [0.05, 0.1) is 5.60 Å². The topological polar surface area (TPSA) is 37.3 Å². The molecule has 1 N–H and O–H groups in total. The third-order valence-electron chi connectivity index (χ3n) is 4.88. The minimum Gasteiger partial charge on any atom is -0.385 e. The molecule has 0 unspecified atom stereocenters. The molecule has 1 fully saturated rings. The zero-order valence-corrected chi connectivity index (χ0v) is 11.0. The first-order valence-electron chi connectivity index (χ1n) is 6.38. The Morgan fingerprint density at radius 1 is 1.59 bits per heavy atom. The quantitative estimate of drug-likeness (QED) is 0.708. The maximum absolute atomic E-state index is 11.7. The normalized spacial score (nSPS) is 41.8. The van der Waals surface area contributed by atoms with Crippen LogP contribution in [0.1, 0.15) is 46.5 Å². The second-order valence-electron chi connectivity index (χ2n) is 6.18. The van der Waals surface area contributed by atoms with Crippen molar-refractivity contribution in [2.45, 2.75) is 52.1 Å². The van der Waals surface area contributed by atoms with E-state index in [4.69, 9.17) is 0 Å². The Morgan fingerprint density at radius 3 is 2.82 bits per heavy atom. The number of ketones is 1. The Morgan fingerprint density at radius 2 is 2.24 bits per heavy atom. The molecule has 17 heavy (non-hydrogen) atoms. The van der Waals surface area contributed by atoms with E-state index in [0.29, 0.717) is 18.8 Å².